The topological polar surface area (TPSA) is 94.5 Å². The summed E-state index contributed by atoms with van der Waals surface area (Å²) in [6.45, 7) is 9.14. The summed E-state index contributed by atoms with van der Waals surface area (Å²) in [6, 6.07) is 0. The fraction of sp³-hybridized carbons (Fsp3) is 0.850. The molecule has 0 radical (unpaired) electrons. The molecule has 27 heavy (non-hydrogen) atoms. The third-order valence-corrected chi connectivity index (χ3v) is 5.39. The molecular formula is C20H34O7. The smallest absolute Gasteiger partial charge is 0.333 e. The first-order valence-electron chi connectivity index (χ1n) is 9.95. The summed E-state index contributed by atoms with van der Waals surface area (Å²) in [5.74, 6) is -2.89. The molecule has 0 aromatic carbocycles. The van der Waals surface area contributed by atoms with Gasteiger partial charge in [0.2, 0.25) is 0 Å². The zero-order valence-electron chi connectivity index (χ0n) is 16.7. The summed E-state index contributed by atoms with van der Waals surface area (Å²) in [7, 11) is 0. The maximum atomic E-state index is 11.6. The van der Waals surface area contributed by atoms with E-state index < -0.39 is 29.8 Å². The SMILES string of the molecule is C=C(C)C(=O)OC[C@@H]1C[C@H](OC2(O)CCCC2)[C@H](OC(O)(CC)CC)CO1. The van der Waals surface area contributed by atoms with Crippen molar-refractivity contribution in [2.24, 2.45) is 0 Å². The Labute approximate surface area is 161 Å². The number of hydrogen-bond donors (Lipinski definition) is 2. The van der Waals surface area contributed by atoms with Crippen LogP contribution in [0, 0.1) is 0 Å². The molecule has 0 aromatic heterocycles. The maximum Gasteiger partial charge on any atom is 0.333 e. The van der Waals surface area contributed by atoms with Crippen LogP contribution >= 0.6 is 0 Å². The van der Waals surface area contributed by atoms with Gasteiger partial charge in [-0.25, -0.2) is 4.79 Å². The van der Waals surface area contributed by atoms with Gasteiger partial charge in [-0.05, 0) is 32.6 Å². The highest BCUT2D eigenvalue weighted by Crippen LogP contribution is 2.35. The van der Waals surface area contributed by atoms with Crippen molar-refractivity contribution < 1.29 is 34.0 Å². The van der Waals surface area contributed by atoms with E-state index in [0.717, 1.165) is 12.8 Å². The Morgan fingerprint density at radius 1 is 1.26 bits per heavy atom. The van der Waals surface area contributed by atoms with Crippen LogP contribution in [-0.4, -0.2) is 59.3 Å². The highest BCUT2D eigenvalue weighted by atomic mass is 16.7. The van der Waals surface area contributed by atoms with Gasteiger partial charge in [0.05, 0.1) is 18.8 Å². The number of hydrogen-bond acceptors (Lipinski definition) is 7. The average molecular weight is 386 g/mol. The molecule has 1 saturated carbocycles. The number of esters is 1. The minimum Gasteiger partial charge on any atom is -0.460 e. The minimum absolute atomic E-state index is 0.0858. The minimum atomic E-state index is -1.26. The molecule has 0 aromatic rings. The molecule has 1 aliphatic heterocycles. The maximum absolute atomic E-state index is 11.6. The van der Waals surface area contributed by atoms with Crippen molar-refractivity contribution in [2.45, 2.75) is 95.6 Å². The van der Waals surface area contributed by atoms with Gasteiger partial charge < -0.3 is 29.2 Å². The van der Waals surface area contributed by atoms with E-state index in [1.54, 1.807) is 6.92 Å². The van der Waals surface area contributed by atoms with E-state index in [0.29, 0.717) is 37.7 Å². The lowest BCUT2D eigenvalue weighted by Crippen LogP contribution is -2.52. The molecule has 0 amide bonds. The second kappa shape index (κ2) is 9.47. The fourth-order valence-corrected chi connectivity index (χ4v) is 3.48. The standard InChI is InChI=1S/C20H34O7/c1-5-19(22,6-2)27-17-13-24-15(12-25-18(21)14(3)4)11-16(17)26-20(23)9-7-8-10-20/h15-17,22-23H,3,5-13H2,1-2,4H3/t15-,16-,17+/m0/s1. The van der Waals surface area contributed by atoms with Crippen LogP contribution in [0.5, 0.6) is 0 Å². The van der Waals surface area contributed by atoms with Crippen molar-refractivity contribution in [2.75, 3.05) is 13.2 Å². The number of carbonyl (C=O) groups is 1. The molecule has 2 fully saturated rings. The molecule has 1 saturated heterocycles. The molecule has 0 bridgehead atoms. The summed E-state index contributed by atoms with van der Waals surface area (Å²) in [4.78, 5) is 11.6. The molecule has 156 valence electrons. The van der Waals surface area contributed by atoms with Crippen molar-refractivity contribution >= 4 is 5.97 Å². The van der Waals surface area contributed by atoms with Gasteiger partial charge >= 0.3 is 5.97 Å². The predicted octanol–water partition coefficient (Wildman–Crippen LogP) is 2.44. The number of carbonyl (C=O) groups excluding carboxylic acids is 1. The van der Waals surface area contributed by atoms with Crippen LogP contribution in [0.15, 0.2) is 12.2 Å². The first kappa shape index (κ1) is 22.3. The Kier molecular flexibility index (Phi) is 7.83. The molecule has 7 heteroatoms. The van der Waals surface area contributed by atoms with E-state index in [1.165, 1.54) is 0 Å². The molecule has 7 nitrogen and oxygen atoms in total. The number of rotatable bonds is 9. The average Bonchev–Trinajstić information content (AvgIpc) is 3.07. The third-order valence-electron chi connectivity index (χ3n) is 5.39. The van der Waals surface area contributed by atoms with E-state index >= 15 is 0 Å². The number of ether oxygens (including phenoxy) is 4. The Bertz CT molecular complexity index is 508. The van der Waals surface area contributed by atoms with Crippen LogP contribution in [0.1, 0.15) is 65.7 Å². The first-order valence-corrected chi connectivity index (χ1v) is 9.95. The Hall–Kier alpha value is -0.990. The van der Waals surface area contributed by atoms with Crippen LogP contribution in [0.3, 0.4) is 0 Å². The van der Waals surface area contributed by atoms with E-state index in [1.807, 2.05) is 13.8 Å². The Morgan fingerprint density at radius 2 is 1.89 bits per heavy atom. The summed E-state index contributed by atoms with van der Waals surface area (Å²) >= 11 is 0. The van der Waals surface area contributed by atoms with Crippen molar-refractivity contribution in [3.63, 3.8) is 0 Å². The Balaban J connectivity index is 2.03. The molecule has 1 heterocycles. The van der Waals surface area contributed by atoms with Gasteiger partial charge in [-0.15, -0.1) is 0 Å². The van der Waals surface area contributed by atoms with Crippen LogP contribution in [0.25, 0.3) is 0 Å². The predicted molar refractivity (Wildman–Crippen MR) is 98.8 cm³/mol. The third kappa shape index (κ3) is 6.26. The van der Waals surface area contributed by atoms with Crippen LogP contribution in [0.4, 0.5) is 0 Å². The van der Waals surface area contributed by atoms with Gasteiger partial charge in [0.25, 0.3) is 0 Å². The van der Waals surface area contributed by atoms with Gasteiger partial charge in [0.15, 0.2) is 11.6 Å². The van der Waals surface area contributed by atoms with E-state index in [2.05, 4.69) is 6.58 Å². The van der Waals surface area contributed by atoms with Crippen LogP contribution < -0.4 is 0 Å². The molecule has 2 N–H and O–H groups in total. The molecule has 0 unspecified atom stereocenters. The lowest BCUT2D eigenvalue weighted by atomic mass is 10.0. The second-order valence-electron chi connectivity index (χ2n) is 7.69. The van der Waals surface area contributed by atoms with Gasteiger partial charge in [0, 0.05) is 24.8 Å². The second-order valence-corrected chi connectivity index (χ2v) is 7.69. The molecule has 1 aliphatic carbocycles. The van der Waals surface area contributed by atoms with Crippen LogP contribution in [-0.2, 0) is 23.7 Å². The molecule has 2 aliphatic rings. The highest BCUT2D eigenvalue weighted by molar-refractivity contribution is 5.86. The zero-order chi connectivity index (χ0) is 20.1. The molecule has 3 atom stereocenters. The van der Waals surface area contributed by atoms with E-state index in [-0.39, 0.29) is 19.3 Å². The summed E-state index contributed by atoms with van der Waals surface area (Å²) in [6.07, 6.45) is 2.95. The van der Waals surface area contributed by atoms with Crippen molar-refractivity contribution in [1.82, 2.24) is 0 Å². The van der Waals surface area contributed by atoms with Crippen molar-refractivity contribution in [3.05, 3.63) is 12.2 Å². The summed E-state index contributed by atoms with van der Waals surface area (Å²) < 4.78 is 23.0. The quantitative estimate of drug-likeness (QED) is 0.357. The van der Waals surface area contributed by atoms with Crippen molar-refractivity contribution in [1.29, 1.82) is 0 Å². The van der Waals surface area contributed by atoms with E-state index in [9.17, 15) is 15.0 Å². The summed E-state index contributed by atoms with van der Waals surface area (Å²) in [5, 5.41) is 21.2. The highest BCUT2D eigenvalue weighted by Gasteiger charge is 2.43. The van der Waals surface area contributed by atoms with Gasteiger partial charge in [-0.3, -0.25) is 0 Å². The van der Waals surface area contributed by atoms with Gasteiger partial charge in [-0.1, -0.05) is 20.4 Å². The number of aliphatic hydroxyl groups is 2. The monoisotopic (exact) mass is 386 g/mol. The van der Waals surface area contributed by atoms with Gasteiger partial charge in [-0.2, -0.15) is 0 Å². The Morgan fingerprint density at radius 3 is 2.44 bits per heavy atom. The molecule has 2 rings (SSSR count). The van der Waals surface area contributed by atoms with E-state index in [4.69, 9.17) is 18.9 Å². The molecular weight excluding hydrogens is 352 g/mol. The van der Waals surface area contributed by atoms with Gasteiger partial charge in [0.1, 0.15) is 12.7 Å². The molecule has 0 spiro atoms. The first-order chi connectivity index (χ1) is 12.7. The fourth-order valence-electron chi connectivity index (χ4n) is 3.48. The lowest BCUT2D eigenvalue weighted by Gasteiger charge is -2.42. The van der Waals surface area contributed by atoms with Crippen LogP contribution in [0.2, 0.25) is 0 Å². The normalized spacial score (nSPS) is 28.1. The zero-order valence-corrected chi connectivity index (χ0v) is 16.7. The summed E-state index contributed by atoms with van der Waals surface area (Å²) in [5.41, 5.74) is 0.330. The lowest BCUT2D eigenvalue weighted by molar-refractivity contribution is -0.314. The largest absolute Gasteiger partial charge is 0.460 e. The van der Waals surface area contributed by atoms with Crippen molar-refractivity contribution in [3.8, 4) is 0 Å².